The number of carbonyl (C=O) groups excluding carboxylic acids is 2. The first-order chi connectivity index (χ1) is 16.2. The smallest absolute Gasteiger partial charge is 0.349 e. The Morgan fingerprint density at radius 2 is 1.76 bits per heavy atom. The molecule has 2 saturated carbocycles. The number of benzene rings is 2. The van der Waals surface area contributed by atoms with Crippen molar-refractivity contribution in [2.45, 2.75) is 43.8 Å². The van der Waals surface area contributed by atoms with Crippen LogP contribution in [0.1, 0.15) is 63.6 Å². The van der Waals surface area contributed by atoms with Gasteiger partial charge in [-0.3, -0.25) is 9.59 Å². The number of nitrogens with zero attached hydrogens (tertiary/aromatic N) is 2. The molecule has 0 atom stereocenters. The quantitative estimate of drug-likeness (QED) is 0.476. The molecule has 5 rings (SSSR count). The Labute approximate surface area is 198 Å². The van der Waals surface area contributed by atoms with E-state index in [1.54, 1.807) is 12.1 Å². The zero-order valence-corrected chi connectivity index (χ0v) is 18.6. The van der Waals surface area contributed by atoms with E-state index in [-0.39, 0.29) is 34.1 Å². The Morgan fingerprint density at radius 1 is 1.00 bits per heavy atom. The number of hydrogen-bond acceptors (Lipinski definition) is 3. The van der Waals surface area contributed by atoms with Crippen LogP contribution in [0.3, 0.4) is 0 Å². The highest BCUT2D eigenvalue weighted by atomic mass is 35.5. The fourth-order valence-corrected chi connectivity index (χ4v) is 4.03. The lowest BCUT2D eigenvalue weighted by molar-refractivity contribution is -0.137. The van der Waals surface area contributed by atoms with Gasteiger partial charge in [0.05, 0.1) is 39.3 Å². The Kier molecular flexibility index (Phi) is 5.59. The number of hydrogen-bond donors (Lipinski definition) is 2. The number of carbonyl (C=O) groups is 2. The second-order valence-corrected chi connectivity index (χ2v) is 8.98. The van der Waals surface area contributed by atoms with Gasteiger partial charge in [-0.1, -0.05) is 17.7 Å². The Morgan fingerprint density at radius 3 is 2.41 bits per heavy atom. The number of nitrogens with one attached hydrogen (secondary N) is 2. The summed E-state index contributed by atoms with van der Waals surface area (Å²) in [6.07, 6.45) is 0.430. The van der Waals surface area contributed by atoms with Crippen molar-refractivity contribution in [2.75, 3.05) is 5.32 Å². The van der Waals surface area contributed by atoms with Crippen LogP contribution in [0.15, 0.2) is 48.7 Å². The molecule has 3 aromatic rings. The van der Waals surface area contributed by atoms with Crippen molar-refractivity contribution < 1.29 is 22.8 Å². The van der Waals surface area contributed by atoms with Gasteiger partial charge >= 0.3 is 6.18 Å². The maximum absolute atomic E-state index is 13.2. The van der Waals surface area contributed by atoms with Gasteiger partial charge in [0, 0.05) is 17.6 Å². The zero-order chi connectivity index (χ0) is 24.0. The molecule has 10 heteroatoms. The molecule has 176 valence electrons. The van der Waals surface area contributed by atoms with E-state index in [1.807, 2.05) is 0 Å². The summed E-state index contributed by atoms with van der Waals surface area (Å²) in [5.41, 5.74) is 1.03. The maximum Gasteiger partial charge on any atom is 0.416 e. The van der Waals surface area contributed by atoms with Crippen LogP contribution < -0.4 is 10.6 Å². The summed E-state index contributed by atoms with van der Waals surface area (Å²) in [4.78, 5) is 25.3. The molecule has 2 amide bonds. The molecule has 0 radical (unpaired) electrons. The minimum Gasteiger partial charge on any atom is -0.349 e. The Bertz CT molecular complexity index is 1280. The van der Waals surface area contributed by atoms with Gasteiger partial charge in [-0.15, -0.1) is 0 Å². The number of alkyl halides is 3. The van der Waals surface area contributed by atoms with Crippen molar-refractivity contribution in [2.24, 2.45) is 0 Å². The van der Waals surface area contributed by atoms with Gasteiger partial charge in [0.15, 0.2) is 0 Å². The molecule has 0 spiro atoms. The highest BCUT2D eigenvalue weighted by Gasteiger charge is 2.34. The van der Waals surface area contributed by atoms with Crippen LogP contribution in [0.5, 0.6) is 0 Å². The van der Waals surface area contributed by atoms with Crippen LogP contribution in [0, 0.1) is 0 Å². The van der Waals surface area contributed by atoms with Gasteiger partial charge in [0.2, 0.25) is 0 Å². The molecule has 34 heavy (non-hydrogen) atoms. The lowest BCUT2D eigenvalue weighted by Gasteiger charge is -2.12. The first kappa shape index (κ1) is 22.5. The molecule has 2 aliphatic carbocycles. The molecule has 0 bridgehead atoms. The fraction of sp³-hybridized carbons (Fsp3) is 0.292. The van der Waals surface area contributed by atoms with Crippen LogP contribution in [0.25, 0.3) is 5.69 Å². The minimum atomic E-state index is -4.48. The first-order valence-electron chi connectivity index (χ1n) is 10.9. The van der Waals surface area contributed by atoms with Crippen LogP contribution in [0.4, 0.5) is 18.9 Å². The van der Waals surface area contributed by atoms with Gasteiger partial charge in [-0.25, -0.2) is 4.68 Å². The van der Waals surface area contributed by atoms with E-state index < -0.39 is 17.6 Å². The van der Waals surface area contributed by atoms with Crippen molar-refractivity contribution in [3.05, 3.63) is 76.1 Å². The molecule has 0 unspecified atom stereocenters. The van der Waals surface area contributed by atoms with Crippen LogP contribution in [-0.4, -0.2) is 27.6 Å². The molecule has 2 aromatic carbocycles. The SMILES string of the molecule is O=C(NC1CC1)c1ccc(NC(=O)c2cnn(-c3cccc(C(F)(F)F)c3)c2C2CC2)cc1Cl. The highest BCUT2D eigenvalue weighted by Crippen LogP contribution is 2.43. The lowest BCUT2D eigenvalue weighted by atomic mass is 10.1. The van der Waals surface area contributed by atoms with E-state index in [0.29, 0.717) is 16.9 Å². The minimum absolute atomic E-state index is 0.0369. The van der Waals surface area contributed by atoms with Gasteiger partial charge in [-0.05, 0) is 62.1 Å². The number of rotatable bonds is 6. The van der Waals surface area contributed by atoms with E-state index >= 15 is 0 Å². The summed E-state index contributed by atoms with van der Waals surface area (Å²) in [5.74, 6) is -0.676. The third-order valence-corrected chi connectivity index (χ3v) is 6.13. The summed E-state index contributed by atoms with van der Waals surface area (Å²) in [6.45, 7) is 0. The predicted molar refractivity (Wildman–Crippen MR) is 120 cm³/mol. The van der Waals surface area contributed by atoms with E-state index in [1.165, 1.54) is 29.1 Å². The predicted octanol–water partition coefficient (Wildman–Crippen LogP) is 5.57. The van der Waals surface area contributed by atoms with Crippen molar-refractivity contribution in [1.29, 1.82) is 0 Å². The third kappa shape index (κ3) is 4.65. The molecule has 2 fully saturated rings. The topological polar surface area (TPSA) is 76.0 Å². The average Bonchev–Trinajstić information content (AvgIpc) is 3.72. The van der Waals surface area contributed by atoms with Crippen molar-refractivity contribution in [1.82, 2.24) is 15.1 Å². The summed E-state index contributed by atoms with van der Waals surface area (Å²) in [7, 11) is 0. The van der Waals surface area contributed by atoms with Crippen LogP contribution >= 0.6 is 11.6 Å². The molecule has 2 aliphatic rings. The molecule has 1 heterocycles. The van der Waals surface area contributed by atoms with Crippen LogP contribution in [-0.2, 0) is 6.18 Å². The fourth-order valence-electron chi connectivity index (χ4n) is 3.77. The molecular weight excluding hydrogens is 469 g/mol. The lowest BCUT2D eigenvalue weighted by Crippen LogP contribution is -2.25. The molecule has 1 aromatic heterocycles. The largest absolute Gasteiger partial charge is 0.416 e. The first-order valence-corrected chi connectivity index (χ1v) is 11.3. The van der Waals surface area contributed by atoms with E-state index in [2.05, 4.69) is 15.7 Å². The Balaban J connectivity index is 1.39. The third-order valence-electron chi connectivity index (χ3n) is 5.82. The maximum atomic E-state index is 13.2. The molecule has 2 N–H and O–H groups in total. The van der Waals surface area contributed by atoms with Gasteiger partial charge < -0.3 is 10.6 Å². The molecular formula is C24H20ClF3N4O2. The van der Waals surface area contributed by atoms with Gasteiger partial charge in [0.1, 0.15) is 0 Å². The van der Waals surface area contributed by atoms with Crippen molar-refractivity contribution in [3.8, 4) is 5.69 Å². The second kappa shape index (κ2) is 8.47. The summed E-state index contributed by atoms with van der Waals surface area (Å²) >= 11 is 6.26. The molecule has 0 aliphatic heterocycles. The van der Waals surface area contributed by atoms with E-state index in [4.69, 9.17) is 11.6 Å². The summed E-state index contributed by atoms with van der Waals surface area (Å²) in [5, 5.41) is 10.1. The van der Waals surface area contributed by atoms with Crippen LogP contribution in [0.2, 0.25) is 5.02 Å². The van der Waals surface area contributed by atoms with Gasteiger partial charge in [0.25, 0.3) is 11.8 Å². The average molecular weight is 489 g/mol. The number of halogens is 4. The van der Waals surface area contributed by atoms with E-state index in [0.717, 1.165) is 37.8 Å². The summed E-state index contributed by atoms with van der Waals surface area (Å²) in [6, 6.07) is 9.68. The van der Waals surface area contributed by atoms with Gasteiger partial charge in [-0.2, -0.15) is 18.3 Å². The Hall–Kier alpha value is -3.33. The number of amides is 2. The highest BCUT2D eigenvalue weighted by molar-refractivity contribution is 6.34. The standard InChI is InChI=1S/C24H20ClF3N4O2/c25-20-11-16(8-9-18(20)22(33)30-15-6-7-15)31-23(34)19-12-29-32(21(19)13-4-5-13)17-3-1-2-14(10-17)24(26,27)28/h1-3,8-13,15H,4-7H2,(H,30,33)(H,31,34). The monoisotopic (exact) mass is 488 g/mol. The number of anilines is 1. The van der Waals surface area contributed by atoms with E-state index in [9.17, 15) is 22.8 Å². The number of aromatic nitrogens is 2. The van der Waals surface area contributed by atoms with Crippen molar-refractivity contribution >= 4 is 29.1 Å². The second-order valence-electron chi connectivity index (χ2n) is 8.57. The zero-order valence-electron chi connectivity index (χ0n) is 17.8. The summed E-state index contributed by atoms with van der Waals surface area (Å²) < 4.78 is 40.9. The van der Waals surface area contributed by atoms with Crippen molar-refractivity contribution in [3.63, 3.8) is 0 Å². The normalized spacial score (nSPS) is 15.8. The molecule has 6 nitrogen and oxygen atoms in total. The molecule has 0 saturated heterocycles.